The van der Waals surface area contributed by atoms with Gasteiger partial charge in [0.1, 0.15) is 11.5 Å². The van der Waals surface area contributed by atoms with Crippen LogP contribution in [0.3, 0.4) is 0 Å². The summed E-state index contributed by atoms with van der Waals surface area (Å²) in [7, 11) is 1.63. The number of benzene rings is 2. The Morgan fingerprint density at radius 1 is 1.04 bits per heavy atom. The summed E-state index contributed by atoms with van der Waals surface area (Å²) in [6.45, 7) is 1.87. The van der Waals surface area contributed by atoms with E-state index in [1.54, 1.807) is 12.1 Å². The Morgan fingerprint density at radius 3 is 2.30 bits per heavy atom. The van der Waals surface area contributed by atoms with E-state index in [0.29, 0.717) is 6.42 Å². The van der Waals surface area contributed by atoms with Crippen LogP contribution in [0.25, 0.3) is 11.3 Å². The van der Waals surface area contributed by atoms with Gasteiger partial charge in [-0.15, -0.1) is 0 Å². The maximum absolute atomic E-state index is 11.3. The molecule has 0 spiro atoms. The number of aromatic nitrogens is 1. The molecule has 2 aromatic carbocycles. The third-order valence-electron chi connectivity index (χ3n) is 3.62. The maximum Gasteiger partial charge on any atom is 0.261 e. The van der Waals surface area contributed by atoms with E-state index in [1.165, 1.54) is 12.1 Å². The van der Waals surface area contributed by atoms with Gasteiger partial charge in [-0.05, 0) is 24.6 Å². The Morgan fingerprint density at radius 2 is 1.70 bits per heavy atom. The summed E-state index contributed by atoms with van der Waals surface area (Å²) in [4.78, 5) is 0.0910. The lowest BCUT2D eigenvalue weighted by molar-refractivity contribution is 0.398. The normalized spacial score (nSPS) is 11.6. The third kappa shape index (κ3) is 3.46. The lowest BCUT2D eigenvalue weighted by Crippen LogP contribution is -1.94. The minimum Gasteiger partial charge on any atom is -0.361 e. The Bertz CT molecular complexity index is 916. The Hall–Kier alpha value is -2.11. The molecule has 0 bridgehead atoms. The average Bonchev–Trinajstić information content (AvgIpc) is 2.89. The predicted octanol–water partition coefficient (Wildman–Crippen LogP) is 4.17. The largest absolute Gasteiger partial charge is 0.361 e. The van der Waals surface area contributed by atoms with Crippen molar-refractivity contribution in [3.63, 3.8) is 0 Å². The van der Waals surface area contributed by atoms with Crippen LogP contribution in [0.4, 0.5) is 0 Å². The fourth-order valence-corrected chi connectivity index (χ4v) is 3.17. The summed E-state index contributed by atoms with van der Waals surface area (Å²) in [5.41, 5.74) is 3.73. The van der Waals surface area contributed by atoms with Gasteiger partial charge in [0.25, 0.3) is 9.05 Å². The van der Waals surface area contributed by atoms with Gasteiger partial charge in [0.2, 0.25) is 0 Å². The monoisotopic (exact) mass is 347 g/mol. The number of aryl methyl sites for hydroxylation is 1. The van der Waals surface area contributed by atoms with Crippen LogP contribution in [0.1, 0.15) is 16.9 Å². The molecule has 1 heterocycles. The summed E-state index contributed by atoms with van der Waals surface area (Å²) in [6.07, 6.45) is 0.599. The molecule has 0 aliphatic heterocycles. The van der Waals surface area contributed by atoms with Crippen LogP contribution in [0.2, 0.25) is 0 Å². The van der Waals surface area contributed by atoms with E-state index in [9.17, 15) is 8.42 Å². The van der Waals surface area contributed by atoms with E-state index in [-0.39, 0.29) is 4.90 Å². The highest BCUT2D eigenvalue weighted by Gasteiger charge is 2.15. The summed E-state index contributed by atoms with van der Waals surface area (Å²) >= 11 is 0. The molecule has 0 aliphatic carbocycles. The summed E-state index contributed by atoms with van der Waals surface area (Å²) in [6, 6.07) is 16.3. The summed E-state index contributed by atoms with van der Waals surface area (Å²) in [5.74, 6) is 0.748. The first-order valence-corrected chi connectivity index (χ1v) is 9.30. The zero-order valence-electron chi connectivity index (χ0n) is 12.4. The minimum atomic E-state index is -3.70. The third-order valence-corrected chi connectivity index (χ3v) is 4.99. The highest BCUT2D eigenvalue weighted by atomic mass is 35.7. The molecular formula is C17H14ClNO3S. The average molecular weight is 348 g/mol. The minimum absolute atomic E-state index is 0.0910. The molecule has 0 saturated carbocycles. The zero-order chi connectivity index (χ0) is 16.4. The maximum atomic E-state index is 11.3. The molecule has 3 rings (SSSR count). The Kier molecular flexibility index (Phi) is 4.24. The van der Waals surface area contributed by atoms with Crippen LogP contribution < -0.4 is 0 Å². The first-order chi connectivity index (χ1) is 10.9. The van der Waals surface area contributed by atoms with Gasteiger partial charge in [0.05, 0.1) is 4.90 Å². The topological polar surface area (TPSA) is 60.2 Å². The molecule has 6 heteroatoms. The highest BCUT2D eigenvalue weighted by Crippen LogP contribution is 2.27. The quantitative estimate of drug-likeness (QED) is 0.664. The first-order valence-electron chi connectivity index (χ1n) is 6.99. The van der Waals surface area contributed by atoms with Gasteiger partial charge >= 0.3 is 0 Å². The van der Waals surface area contributed by atoms with E-state index in [4.69, 9.17) is 15.2 Å². The molecule has 0 atom stereocenters. The fourth-order valence-electron chi connectivity index (χ4n) is 2.40. The number of hydrogen-bond acceptors (Lipinski definition) is 4. The molecule has 23 heavy (non-hydrogen) atoms. The van der Waals surface area contributed by atoms with Crippen LogP contribution in [-0.4, -0.2) is 13.6 Å². The van der Waals surface area contributed by atoms with Gasteiger partial charge in [0, 0.05) is 28.2 Å². The van der Waals surface area contributed by atoms with E-state index in [1.807, 2.05) is 37.3 Å². The van der Waals surface area contributed by atoms with Crippen LogP contribution in [0, 0.1) is 6.92 Å². The van der Waals surface area contributed by atoms with Crippen LogP contribution in [0.15, 0.2) is 64.0 Å². The van der Waals surface area contributed by atoms with Gasteiger partial charge in [-0.3, -0.25) is 0 Å². The number of halogens is 1. The van der Waals surface area contributed by atoms with E-state index >= 15 is 0 Å². The van der Waals surface area contributed by atoms with Crippen molar-refractivity contribution in [3.8, 4) is 11.3 Å². The Labute approximate surface area is 139 Å². The fraction of sp³-hybridized carbons (Fsp3) is 0.118. The second kappa shape index (κ2) is 6.18. The van der Waals surface area contributed by atoms with Crippen molar-refractivity contribution in [3.05, 3.63) is 71.5 Å². The van der Waals surface area contributed by atoms with Crippen molar-refractivity contribution in [1.29, 1.82) is 0 Å². The molecule has 0 amide bonds. The molecule has 0 radical (unpaired) electrons. The van der Waals surface area contributed by atoms with Crippen molar-refractivity contribution in [2.75, 3.05) is 0 Å². The van der Waals surface area contributed by atoms with Crippen molar-refractivity contribution < 1.29 is 12.9 Å². The molecule has 0 N–H and O–H groups in total. The first kappa shape index (κ1) is 15.8. The SMILES string of the molecule is Cc1onc(-c2ccccc2)c1Cc1ccc(S(=O)(=O)Cl)cc1. The molecule has 0 saturated heterocycles. The highest BCUT2D eigenvalue weighted by molar-refractivity contribution is 8.13. The molecule has 0 unspecified atom stereocenters. The van der Waals surface area contributed by atoms with Crippen molar-refractivity contribution in [2.45, 2.75) is 18.2 Å². The van der Waals surface area contributed by atoms with Crippen LogP contribution in [0.5, 0.6) is 0 Å². The van der Waals surface area contributed by atoms with Crippen molar-refractivity contribution >= 4 is 19.7 Å². The zero-order valence-corrected chi connectivity index (χ0v) is 13.9. The number of rotatable bonds is 4. The number of hydrogen-bond donors (Lipinski definition) is 0. The molecule has 0 aliphatic rings. The standard InChI is InChI=1S/C17H14ClNO3S/c1-12-16(17(19-22-12)14-5-3-2-4-6-14)11-13-7-9-15(10-8-13)23(18,20)21/h2-10H,11H2,1H3. The second-order valence-corrected chi connectivity index (χ2v) is 7.76. The van der Waals surface area contributed by atoms with Gasteiger partial charge in [-0.25, -0.2) is 8.42 Å². The van der Waals surface area contributed by atoms with Gasteiger partial charge in [0.15, 0.2) is 0 Å². The molecule has 1 aromatic heterocycles. The molecule has 118 valence electrons. The van der Waals surface area contributed by atoms with Crippen molar-refractivity contribution in [1.82, 2.24) is 5.16 Å². The molecular weight excluding hydrogens is 334 g/mol. The van der Waals surface area contributed by atoms with Gasteiger partial charge in [-0.1, -0.05) is 47.6 Å². The molecule has 3 aromatic rings. The molecule has 0 fully saturated rings. The van der Waals surface area contributed by atoms with Crippen LogP contribution in [-0.2, 0) is 15.5 Å². The van der Waals surface area contributed by atoms with Gasteiger partial charge < -0.3 is 4.52 Å². The predicted molar refractivity (Wildman–Crippen MR) is 89.0 cm³/mol. The van der Waals surface area contributed by atoms with Crippen molar-refractivity contribution in [2.24, 2.45) is 0 Å². The van der Waals surface area contributed by atoms with Crippen LogP contribution >= 0.6 is 10.7 Å². The summed E-state index contributed by atoms with van der Waals surface area (Å²) in [5, 5.41) is 4.15. The van der Waals surface area contributed by atoms with E-state index in [0.717, 1.165) is 28.1 Å². The smallest absolute Gasteiger partial charge is 0.261 e. The van der Waals surface area contributed by atoms with E-state index < -0.39 is 9.05 Å². The second-order valence-electron chi connectivity index (χ2n) is 5.19. The lowest BCUT2D eigenvalue weighted by atomic mass is 10.00. The lowest BCUT2D eigenvalue weighted by Gasteiger charge is -2.04. The van der Waals surface area contributed by atoms with E-state index in [2.05, 4.69) is 5.16 Å². The van der Waals surface area contributed by atoms with Gasteiger partial charge in [-0.2, -0.15) is 0 Å². The number of nitrogens with zero attached hydrogens (tertiary/aromatic N) is 1. The Balaban J connectivity index is 1.93. The summed E-state index contributed by atoms with van der Waals surface area (Å²) < 4.78 is 27.9. The molecule has 4 nitrogen and oxygen atoms in total.